The van der Waals surface area contributed by atoms with E-state index in [2.05, 4.69) is 10.6 Å². The zero-order valence-electron chi connectivity index (χ0n) is 9.53. The smallest absolute Gasteiger partial charge is 0.323 e. The molecule has 92 valence electrons. The van der Waals surface area contributed by atoms with Gasteiger partial charge < -0.3 is 20.6 Å². The van der Waals surface area contributed by atoms with E-state index in [0.717, 1.165) is 17.9 Å². The van der Waals surface area contributed by atoms with Gasteiger partial charge in [0.1, 0.15) is 6.54 Å². The van der Waals surface area contributed by atoms with Gasteiger partial charge in [0.2, 0.25) is 0 Å². The number of carbonyl (C=O) groups is 2. The van der Waals surface area contributed by atoms with Crippen molar-refractivity contribution in [3.63, 3.8) is 0 Å². The number of urea groups is 1. The molecular weight excluding hydrogens is 210 g/mol. The van der Waals surface area contributed by atoms with Gasteiger partial charge in [-0.3, -0.25) is 4.79 Å². The van der Waals surface area contributed by atoms with Crippen LogP contribution in [0.5, 0.6) is 0 Å². The van der Waals surface area contributed by atoms with Crippen LogP contribution in [0.25, 0.3) is 0 Å². The average molecular weight is 229 g/mol. The molecule has 1 fully saturated rings. The number of hydrogen-bond donors (Lipinski definition) is 3. The van der Waals surface area contributed by atoms with Crippen LogP contribution in [0.3, 0.4) is 0 Å². The van der Waals surface area contributed by atoms with Gasteiger partial charge >= 0.3 is 12.0 Å². The van der Waals surface area contributed by atoms with E-state index >= 15 is 0 Å². The van der Waals surface area contributed by atoms with Crippen LogP contribution in [0.2, 0.25) is 0 Å². The van der Waals surface area contributed by atoms with Crippen LogP contribution in [-0.4, -0.2) is 54.7 Å². The van der Waals surface area contributed by atoms with Crippen molar-refractivity contribution in [1.82, 2.24) is 15.5 Å². The first-order valence-electron chi connectivity index (χ1n) is 5.53. The fraction of sp³-hybridized carbons (Fsp3) is 0.800. The first-order chi connectivity index (χ1) is 7.59. The molecule has 16 heavy (non-hydrogen) atoms. The topological polar surface area (TPSA) is 81.7 Å². The van der Waals surface area contributed by atoms with Crippen molar-refractivity contribution in [3.8, 4) is 0 Å². The van der Waals surface area contributed by atoms with Crippen molar-refractivity contribution < 1.29 is 14.7 Å². The molecule has 2 amide bonds. The van der Waals surface area contributed by atoms with E-state index in [0.29, 0.717) is 12.6 Å². The second kappa shape index (κ2) is 6.32. The number of carbonyl (C=O) groups excluding carboxylic acids is 1. The highest BCUT2D eigenvalue weighted by Crippen LogP contribution is 2.18. The van der Waals surface area contributed by atoms with Gasteiger partial charge in [-0.1, -0.05) is 0 Å². The summed E-state index contributed by atoms with van der Waals surface area (Å²) in [5.74, 6) is -1.01. The summed E-state index contributed by atoms with van der Waals surface area (Å²) in [5, 5.41) is 14.5. The minimum atomic E-state index is -1.01. The van der Waals surface area contributed by atoms with Crippen LogP contribution in [0.1, 0.15) is 19.3 Å². The predicted molar refractivity (Wildman–Crippen MR) is 59.3 cm³/mol. The highest BCUT2D eigenvalue weighted by atomic mass is 16.4. The highest BCUT2D eigenvalue weighted by molar-refractivity contribution is 5.79. The SMILES string of the molecule is CN(CC(=O)O)C(=O)NCCCNC1CC1. The molecule has 0 aromatic rings. The van der Waals surface area contributed by atoms with E-state index in [-0.39, 0.29) is 12.6 Å². The molecule has 0 bridgehead atoms. The van der Waals surface area contributed by atoms with Crippen LogP contribution in [-0.2, 0) is 4.79 Å². The Balaban J connectivity index is 1.97. The van der Waals surface area contributed by atoms with Crippen molar-refractivity contribution in [2.75, 3.05) is 26.7 Å². The Bertz CT molecular complexity index is 254. The monoisotopic (exact) mass is 229 g/mol. The van der Waals surface area contributed by atoms with Gasteiger partial charge in [0.25, 0.3) is 0 Å². The third kappa shape index (κ3) is 5.55. The molecule has 1 saturated carbocycles. The fourth-order valence-electron chi connectivity index (χ4n) is 1.29. The van der Waals surface area contributed by atoms with E-state index < -0.39 is 5.97 Å². The van der Waals surface area contributed by atoms with Gasteiger partial charge in [-0.05, 0) is 25.8 Å². The molecule has 6 heteroatoms. The third-order valence-corrected chi connectivity index (χ3v) is 2.36. The van der Waals surface area contributed by atoms with Gasteiger partial charge in [-0.25, -0.2) is 4.79 Å². The lowest BCUT2D eigenvalue weighted by Crippen LogP contribution is -2.40. The molecule has 0 aliphatic heterocycles. The number of carboxylic acid groups (broad SMARTS) is 1. The summed E-state index contributed by atoms with van der Waals surface area (Å²) in [5.41, 5.74) is 0. The minimum Gasteiger partial charge on any atom is -0.480 e. The van der Waals surface area contributed by atoms with E-state index in [1.807, 2.05) is 0 Å². The summed E-state index contributed by atoms with van der Waals surface area (Å²) in [4.78, 5) is 22.8. The Labute approximate surface area is 95.0 Å². The number of nitrogens with zero attached hydrogens (tertiary/aromatic N) is 1. The largest absolute Gasteiger partial charge is 0.480 e. The van der Waals surface area contributed by atoms with Crippen LogP contribution < -0.4 is 10.6 Å². The zero-order valence-corrected chi connectivity index (χ0v) is 9.53. The maximum absolute atomic E-state index is 11.3. The number of likely N-dealkylation sites (N-methyl/N-ethyl adjacent to an activating group) is 1. The number of rotatable bonds is 7. The lowest BCUT2D eigenvalue weighted by Gasteiger charge is -2.15. The molecule has 0 spiro atoms. The average Bonchev–Trinajstić information content (AvgIpc) is 2.99. The molecule has 0 unspecified atom stereocenters. The van der Waals surface area contributed by atoms with Gasteiger partial charge in [0.15, 0.2) is 0 Å². The molecular formula is C10H19N3O3. The van der Waals surface area contributed by atoms with Crippen molar-refractivity contribution in [2.45, 2.75) is 25.3 Å². The number of hydrogen-bond acceptors (Lipinski definition) is 3. The molecule has 3 N–H and O–H groups in total. The maximum Gasteiger partial charge on any atom is 0.323 e. The number of amides is 2. The molecule has 1 aliphatic carbocycles. The normalized spacial score (nSPS) is 14.6. The van der Waals surface area contributed by atoms with Gasteiger partial charge in [0.05, 0.1) is 0 Å². The summed E-state index contributed by atoms with van der Waals surface area (Å²) in [6, 6.07) is 0.346. The summed E-state index contributed by atoms with van der Waals surface area (Å²) in [6.45, 7) is 1.20. The highest BCUT2D eigenvalue weighted by Gasteiger charge is 2.19. The standard InChI is InChI=1S/C10H19N3O3/c1-13(7-9(14)15)10(16)12-6-2-5-11-8-3-4-8/h8,11H,2-7H2,1H3,(H,12,16)(H,14,15). The van der Waals surface area contributed by atoms with Gasteiger partial charge in [-0.15, -0.1) is 0 Å². The van der Waals surface area contributed by atoms with Crippen LogP contribution >= 0.6 is 0 Å². The Morgan fingerprint density at radius 1 is 1.38 bits per heavy atom. The molecule has 0 radical (unpaired) electrons. The molecule has 1 rings (SSSR count). The number of nitrogens with one attached hydrogen (secondary N) is 2. The van der Waals surface area contributed by atoms with Crippen molar-refractivity contribution >= 4 is 12.0 Å². The Hall–Kier alpha value is -1.30. The Kier molecular flexibility index (Phi) is 5.04. The van der Waals surface area contributed by atoms with E-state index in [9.17, 15) is 9.59 Å². The molecule has 0 aromatic heterocycles. The third-order valence-electron chi connectivity index (χ3n) is 2.36. The van der Waals surface area contributed by atoms with Crippen molar-refractivity contribution in [1.29, 1.82) is 0 Å². The lowest BCUT2D eigenvalue weighted by atomic mass is 10.4. The summed E-state index contributed by atoms with van der Waals surface area (Å²) < 4.78 is 0. The molecule has 1 aliphatic rings. The van der Waals surface area contributed by atoms with Gasteiger partial charge in [-0.2, -0.15) is 0 Å². The summed E-state index contributed by atoms with van der Waals surface area (Å²) >= 11 is 0. The van der Waals surface area contributed by atoms with Crippen LogP contribution in [0.15, 0.2) is 0 Å². The van der Waals surface area contributed by atoms with E-state index in [1.165, 1.54) is 19.9 Å². The minimum absolute atomic E-state index is 0.272. The number of aliphatic carboxylic acids is 1. The fourth-order valence-corrected chi connectivity index (χ4v) is 1.29. The molecule has 0 atom stereocenters. The Morgan fingerprint density at radius 2 is 2.06 bits per heavy atom. The lowest BCUT2D eigenvalue weighted by molar-refractivity contribution is -0.137. The first-order valence-corrected chi connectivity index (χ1v) is 5.53. The number of carboxylic acids is 1. The van der Waals surface area contributed by atoms with Crippen LogP contribution in [0.4, 0.5) is 4.79 Å². The van der Waals surface area contributed by atoms with Crippen molar-refractivity contribution in [3.05, 3.63) is 0 Å². The predicted octanol–water partition coefficient (Wildman–Crippen LogP) is -0.145. The first kappa shape index (κ1) is 12.8. The molecule has 0 heterocycles. The molecule has 0 aromatic carbocycles. The second-order valence-electron chi connectivity index (χ2n) is 4.06. The maximum atomic E-state index is 11.3. The quantitative estimate of drug-likeness (QED) is 0.530. The Morgan fingerprint density at radius 3 is 2.62 bits per heavy atom. The van der Waals surface area contributed by atoms with E-state index in [1.54, 1.807) is 0 Å². The molecule has 6 nitrogen and oxygen atoms in total. The zero-order chi connectivity index (χ0) is 12.0. The van der Waals surface area contributed by atoms with Gasteiger partial charge in [0, 0.05) is 19.6 Å². The second-order valence-corrected chi connectivity index (χ2v) is 4.06. The summed E-state index contributed by atoms with van der Waals surface area (Å²) in [6.07, 6.45) is 3.38. The summed E-state index contributed by atoms with van der Waals surface area (Å²) in [7, 11) is 1.46. The van der Waals surface area contributed by atoms with Crippen LogP contribution in [0, 0.1) is 0 Å². The van der Waals surface area contributed by atoms with Crippen molar-refractivity contribution in [2.24, 2.45) is 0 Å². The molecule has 0 saturated heterocycles. The van der Waals surface area contributed by atoms with E-state index in [4.69, 9.17) is 5.11 Å².